The predicted octanol–water partition coefficient (Wildman–Crippen LogP) is 4.45. The molecule has 4 aromatic rings. The molecule has 0 N–H and O–H groups in total. The van der Waals surface area contributed by atoms with E-state index >= 15 is 0 Å². The Balaban J connectivity index is 1.49. The SMILES string of the molecule is CCc1nc2sc(N3CCCC(N(C)[S+](C)[O-])C3)nn2c1N(C)c1nc(-c2ccc(F)cc2)c(C#N)s1. The van der Waals surface area contributed by atoms with Crippen molar-refractivity contribution in [2.75, 3.05) is 43.2 Å². The molecule has 1 aromatic carbocycles. The molecule has 0 amide bonds. The first kappa shape index (κ1) is 25.9. The van der Waals surface area contributed by atoms with Crippen LogP contribution in [0.2, 0.25) is 0 Å². The highest BCUT2D eigenvalue weighted by Gasteiger charge is 2.31. The summed E-state index contributed by atoms with van der Waals surface area (Å²) in [6.45, 7) is 3.70. The molecule has 3 aromatic heterocycles. The highest BCUT2D eigenvalue weighted by molar-refractivity contribution is 7.88. The molecule has 37 heavy (non-hydrogen) atoms. The van der Waals surface area contributed by atoms with E-state index in [9.17, 15) is 14.2 Å². The number of fused-ring (bicyclic) bond motifs is 1. The minimum atomic E-state index is -1.02. The van der Waals surface area contributed by atoms with Crippen molar-refractivity contribution < 1.29 is 8.94 Å². The second-order valence-corrected chi connectivity index (χ2v) is 12.2. The molecule has 13 heteroatoms. The van der Waals surface area contributed by atoms with Crippen molar-refractivity contribution in [1.29, 1.82) is 5.26 Å². The Morgan fingerprint density at radius 2 is 2.00 bits per heavy atom. The third-order valence-corrected chi connectivity index (χ3v) is 9.72. The van der Waals surface area contributed by atoms with Crippen LogP contribution in [0, 0.1) is 17.1 Å². The van der Waals surface area contributed by atoms with E-state index in [0.29, 0.717) is 27.7 Å². The number of rotatable bonds is 7. The molecule has 0 bridgehead atoms. The summed E-state index contributed by atoms with van der Waals surface area (Å²) in [7, 11) is 3.81. The molecule has 4 heterocycles. The van der Waals surface area contributed by atoms with Crippen LogP contribution in [0.25, 0.3) is 16.2 Å². The molecule has 2 atom stereocenters. The minimum absolute atomic E-state index is 0.203. The number of nitriles is 1. The van der Waals surface area contributed by atoms with Gasteiger partial charge in [0.2, 0.25) is 10.1 Å². The van der Waals surface area contributed by atoms with Crippen molar-refractivity contribution in [2.45, 2.75) is 32.2 Å². The average Bonchev–Trinajstić information content (AvgIpc) is 3.61. The number of aromatic nitrogens is 4. The monoisotopic (exact) mass is 558 g/mol. The van der Waals surface area contributed by atoms with Crippen LogP contribution < -0.4 is 9.80 Å². The Labute approximate surface area is 226 Å². The molecule has 5 rings (SSSR count). The summed E-state index contributed by atoms with van der Waals surface area (Å²) in [4.78, 5) is 15.0. The molecular weight excluding hydrogens is 532 g/mol. The fourth-order valence-corrected chi connectivity index (χ4v) is 6.92. The Kier molecular flexibility index (Phi) is 7.37. The lowest BCUT2D eigenvalue weighted by atomic mass is 10.1. The number of aryl methyl sites for hydroxylation is 1. The fourth-order valence-electron chi connectivity index (χ4n) is 4.53. The molecule has 1 aliphatic rings. The molecule has 194 valence electrons. The number of hydrogen-bond acceptors (Lipinski definition) is 10. The highest BCUT2D eigenvalue weighted by atomic mass is 32.2. The van der Waals surface area contributed by atoms with Crippen molar-refractivity contribution in [3.8, 4) is 17.3 Å². The first-order valence-corrected chi connectivity index (χ1v) is 15.1. The number of nitrogens with zero attached hydrogens (tertiary/aromatic N) is 8. The molecule has 0 aliphatic carbocycles. The van der Waals surface area contributed by atoms with Gasteiger partial charge in [-0.15, -0.1) is 9.40 Å². The number of likely N-dealkylation sites (N-methyl/N-ethyl adjacent to an activating group) is 1. The molecule has 1 aliphatic heterocycles. The number of hydrogen-bond donors (Lipinski definition) is 0. The van der Waals surface area contributed by atoms with Crippen molar-refractivity contribution in [3.05, 3.63) is 40.7 Å². The second kappa shape index (κ2) is 10.5. The molecule has 0 radical (unpaired) electrons. The van der Waals surface area contributed by atoms with E-state index in [0.717, 1.165) is 47.5 Å². The molecule has 0 saturated carbocycles. The predicted molar refractivity (Wildman–Crippen MR) is 148 cm³/mol. The lowest BCUT2D eigenvalue weighted by Gasteiger charge is -2.36. The standard InChI is InChI=1S/C24H27FN8OS3/c1-5-18-21(30(2)22-28-20(19(13-26)35-22)15-8-10-16(25)11-9-15)33-23(27-18)36-24(29-33)32-12-6-7-17(14-32)31(3)37(4)34/h8-11,17H,5-7,12,14H2,1-4H3. The summed E-state index contributed by atoms with van der Waals surface area (Å²) in [5, 5.41) is 16.2. The molecule has 1 saturated heterocycles. The number of anilines is 3. The van der Waals surface area contributed by atoms with Gasteiger partial charge in [-0.3, -0.25) is 0 Å². The average molecular weight is 559 g/mol. The maximum atomic E-state index is 13.4. The van der Waals surface area contributed by atoms with E-state index in [-0.39, 0.29) is 11.9 Å². The number of halogens is 1. The summed E-state index contributed by atoms with van der Waals surface area (Å²) in [5.41, 5.74) is 2.11. The number of thiazole rings is 1. The Bertz CT molecular complexity index is 1440. The van der Waals surface area contributed by atoms with Gasteiger partial charge in [0.05, 0.1) is 11.7 Å². The van der Waals surface area contributed by atoms with Crippen LogP contribution in [0.5, 0.6) is 0 Å². The molecular formula is C24H27FN8OS3. The molecule has 0 spiro atoms. The first-order valence-electron chi connectivity index (χ1n) is 11.9. The van der Waals surface area contributed by atoms with E-state index in [4.69, 9.17) is 15.1 Å². The summed E-state index contributed by atoms with van der Waals surface area (Å²) in [5.74, 6) is 0.474. The van der Waals surface area contributed by atoms with Crippen LogP contribution in [0.3, 0.4) is 0 Å². The number of benzene rings is 1. The number of piperidine rings is 1. The normalized spacial score (nSPS) is 16.9. The van der Waals surface area contributed by atoms with E-state index in [1.54, 1.807) is 29.7 Å². The van der Waals surface area contributed by atoms with E-state index < -0.39 is 11.4 Å². The number of imidazole rings is 1. The summed E-state index contributed by atoms with van der Waals surface area (Å²) in [6.07, 6.45) is 4.43. The van der Waals surface area contributed by atoms with Crippen LogP contribution in [0.4, 0.5) is 20.5 Å². The highest BCUT2D eigenvalue weighted by Crippen LogP contribution is 2.38. The Hall–Kier alpha value is -2.76. The quantitative estimate of drug-likeness (QED) is 0.307. The molecule has 1 fully saturated rings. The smallest absolute Gasteiger partial charge is 0.216 e. The van der Waals surface area contributed by atoms with E-state index in [1.165, 1.54) is 23.5 Å². The van der Waals surface area contributed by atoms with Crippen molar-refractivity contribution in [2.24, 2.45) is 0 Å². The van der Waals surface area contributed by atoms with Gasteiger partial charge >= 0.3 is 0 Å². The molecule has 9 nitrogen and oxygen atoms in total. The second-order valence-electron chi connectivity index (χ2n) is 8.88. The first-order chi connectivity index (χ1) is 17.8. The maximum Gasteiger partial charge on any atom is 0.216 e. The van der Waals surface area contributed by atoms with Gasteiger partial charge in [0.25, 0.3) is 0 Å². The van der Waals surface area contributed by atoms with Gasteiger partial charge in [-0.1, -0.05) is 29.6 Å². The van der Waals surface area contributed by atoms with E-state index in [1.807, 2.05) is 34.7 Å². The van der Waals surface area contributed by atoms with Crippen LogP contribution in [0.1, 0.15) is 30.3 Å². The lowest BCUT2D eigenvalue weighted by molar-refractivity contribution is 0.321. The summed E-state index contributed by atoms with van der Waals surface area (Å²) < 4.78 is 29.2. The maximum absolute atomic E-state index is 13.4. The summed E-state index contributed by atoms with van der Waals surface area (Å²) >= 11 is 1.80. The van der Waals surface area contributed by atoms with Crippen molar-refractivity contribution in [1.82, 2.24) is 23.9 Å². The van der Waals surface area contributed by atoms with Crippen LogP contribution in [-0.2, 0) is 17.8 Å². The molecule has 2 unspecified atom stereocenters. The largest absolute Gasteiger partial charge is 0.598 e. The van der Waals surface area contributed by atoms with Gasteiger partial charge in [0.1, 0.15) is 28.7 Å². The third kappa shape index (κ3) is 4.92. The van der Waals surface area contributed by atoms with Crippen molar-refractivity contribution >= 4 is 55.1 Å². The van der Waals surface area contributed by atoms with Crippen molar-refractivity contribution in [3.63, 3.8) is 0 Å². The van der Waals surface area contributed by atoms with Gasteiger partial charge in [-0.25, -0.2) is 14.4 Å². The fraction of sp³-hybridized carbons (Fsp3) is 0.417. The van der Waals surface area contributed by atoms with Gasteiger partial charge in [-0.2, -0.15) is 9.78 Å². The summed E-state index contributed by atoms with van der Waals surface area (Å²) in [6, 6.07) is 8.43. The zero-order valence-corrected chi connectivity index (χ0v) is 23.5. The Morgan fingerprint density at radius 3 is 2.68 bits per heavy atom. The van der Waals surface area contributed by atoms with E-state index in [2.05, 4.69) is 11.0 Å². The van der Waals surface area contributed by atoms with Gasteiger partial charge < -0.3 is 14.4 Å². The van der Waals surface area contributed by atoms with Gasteiger partial charge in [0.15, 0.2) is 10.9 Å². The zero-order chi connectivity index (χ0) is 26.3. The van der Waals surface area contributed by atoms with Gasteiger partial charge in [0, 0.05) is 44.1 Å². The topological polar surface area (TPSA) is 99.7 Å². The Morgan fingerprint density at radius 1 is 1.24 bits per heavy atom. The minimum Gasteiger partial charge on any atom is -0.598 e. The lowest BCUT2D eigenvalue weighted by Crippen LogP contribution is -2.48. The third-order valence-electron chi connectivity index (χ3n) is 6.60. The zero-order valence-electron chi connectivity index (χ0n) is 21.0. The van der Waals surface area contributed by atoms with Crippen LogP contribution in [0.15, 0.2) is 24.3 Å². The van der Waals surface area contributed by atoms with Crippen LogP contribution >= 0.6 is 22.7 Å². The van der Waals surface area contributed by atoms with Crippen LogP contribution in [-0.4, -0.2) is 67.9 Å². The van der Waals surface area contributed by atoms with Gasteiger partial charge in [-0.05, 0) is 43.5 Å².